The highest BCUT2D eigenvalue weighted by Gasteiger charge is 2.31. The largest absolute Gasteiger partial charge is 0.296 e. The summed E-state index contributed by atoms with van der Waals surface area (Å²) >= 11 is 1.67. The van der Waals surface area contributed by atoms with E-state index in [9.17, 15) is 0 Å². The van der Waals surface area contributed by atoms with Crippen molar-refractivity contribution in [1.29, 1.82) is 0 Å². The van der Waals surface area contributed by atoms with E-state index in [2.05, 4.69) is 23.6 Å². The van der Waals surface area contributed by atoms with Gasteiger partial charge >= 0.3 is 0 Å². The van der Waals surface area contributed by atoms with Crippen molar-refractivity contribution in [2.75, 3.05) is 18.8 Å². The number of thioether (sulfide) groups is 1. The monoisotopic (exact) mass is 288 g/mol. The van der Waals surface area contributed by atoms with E-state index in [-0.39, 0.29) is 5.73 Å². The smallest absolute Gasteiger partial charge is 0.0391 e. The van der Waals surface area contributed by atoms with Gasteiger partial charge in [0.25, 0.3) is 0 Å². The Labute approximate surface area is 128 Å². The van der Waals surface area contributed by atoms with Crippen LogP contribution in [0.15, 0.2) is 47.4 Å². The van der Waals surface area contributed by atoms with Gasteiger partial charge in [-0.25, -0.2) is 0 Å². The minimum absolute atomic E-state index is 0.131. The number of hydrogen-bond donors (Lipinski definition) is 0. The third-order valence-electron chi connectivity index (χ3n) is 4.56. The van der Waals surface area contributed by atoms with Crippen molar-refractivity contribution in [3.8, 4) is 0 Å². The minimum Gasteiger partial charge on any atom is -0.296 e. The van der Waals surface area contributed by atoms with Crippen LogP contribution < -0.4 is 0 Å². The molecular formula is C18H25NS. The van der Waals surface area contributed by atoms with Gasteiger partial charge in [-0.15, -0.1) is 11.8 Å². The van der Waals surface area contributed by atoms with Crippen LogP contribution in [0.4, 0.5) is 0 Å². The molecule has 3 rings (SSSR count). The van der Waals surface area contributed by atoms with Gasteiger partial charge in [-0.3, -0.25) is 4.90 Å². The molecule has 2 aliphatic rings. The third kappa shape index (κ3) is 3.48. The SMILES string of the molecule is [2H]C(Sc1ccccc1)C1CN(C2CCCCC2)CC1=C. The minimum atomic E-state index is -0.131. The second-order valence-electron chi connectivity index (χ2n) is 6.05. The molecule has 1 aromatic carbocycles. The zero-order chi connectivity index (χ0) is 14.7. The van der Waals surface area contributed by atoms with Crippen LogP contribution in [0.25, 0.3) is 0 Å². The Morgan fingerprint density at radius 3 is 2.70 bits per heavy atom. The van der Waals surface area contributed by atoms with Crippen molar-refractivity contribution < 1.29 is 1.37 Å². The number of likely N-dealkylation sites (tertiary alicyclic amines) is 1. The molecule has 2 fully saturated rings. The Morgan fingerprint density at radius 1 is 1.20 bits per heavy atom. The van der Waals surface area contributed by atoms with Crippen molar-refractivity contribution >= 4 is 11.8 Å². The zero-order valence-electron chi connectivity index (χ0n) is 13.1. The standard InChI is InChI=1S/C18H25NS/c1-15-12-19(17-8-4-2-5-9-17)13-16(15)14-20-18-10-6-3-7-11-18/h3,6-7,10-11,16-17H,1-2,4-5,8-9,12-14H2/i14D. The molecule has 1 nitrogen and oxygen atoms in total. The molecular weight excluding hydrogens is 262 g/mol. The Balaban J connectivity index is 1.59. The van der Waals surface area contributed by atoms with E-state index in [1.807, 2.05) is 18.2 Å². The Kier molecular flexibility index (Phi) is 4.42. The molecule has 1 saturated carbocycles. The summed E-state index contributed by atoms with van der Waals surface area (Å²) < 4.78 is 8.52. The molecule has 0 amide bonds. The van der Waals surface area contributed by atoms with Crippen LogP contribution in [0.2, 0.25) is 0 Å². The highest BCUT2D eigenvalue weighted by molar-refractivity contribution is 7.99. The van der Waals surface area contributed by atoms with Crippen LogP contribution in [0, 0.1) is 5.92 Å². The molecule has 20 heavy (non-hydrogen) atoms. The number of nitrogens with zero attached hydrogens (tertiary/aromatic N) is 1. The quantitative estimate of drug-likeness (QED) is 0.588. The summed E-state index contributed by atoms with van der Waals surface area (Å²) in [6, 6.07) is 11.1. The fraction of sp³-hybridized carbons (Fsp3) is 0.556. The summed E-state index contributed by atoms with van der Waals surface area (Å²) in [5.41, 5.74) is 1.14. The molecule has 0 spiro atoms. The van der Waals surface area contributed by atoms with E-state index in [0.29, 0.717) is 5.92 Å². The van der Waals surface area contributed by atoms with Gasteiger partial charge in [-0.05, 0) is 25.0 Å². The van der Waals surface area contributed by atoms with Gasteiger partial charge in [-0.1, -0.05) is 49.6 Å². The van der Waals surface area contributed by atoms with Crippen molar-refractivity contribution in [3.05, 3.63) is 42.5 Å². The fourth-order valence-corrected chi connectivity index (χ4v) is 4.26. The van der Waals surface area contributed by atoms with Gasteiger partial charge in [0.2, 0.25) is 0 Å². The Bertz CT molecular complexity index is 469. The summed E-state index contributed by atoms with van der Waals surface area (Å²) in [7, 11) is 0. The second-order valence-corrected chi connectivity index (χ2v) is 7.03. The Morgan fingerprint density at radius 2 is 1.95 bits per heavy atom. The number of hydrogen-bond acceptors (Lipinski definition) is 2. The van der Waals surface area contributed by atoms with Crippen LogP contribution in [-0.2, 0) is 0 Å². The van der Waals surface area contributed by atoms with Crippen LogP contribution in [0.3, 0.4) is 0 Å². The van der Waals surface area contributed by atoms with Gasteiger partial charge in [0, 0.05) is 37.0 Å². The summed E-state index contributed by atoms with van der Waals surface area (Å²) in [5.74, 6) is 0.317. The molecule has 0 aromatic heterocycles. The highest BCUT2D eigenvalue weighted by atomic mass is 32.2. The van der Waals surface area contributed by atoms with Crippen molar-refractivity contribution in [1.82, 2.24) is 4.90 Å². The van der Waals surface area contributed by atoms with E-state index in [1.165, 1.54) is 42.6 Å². The highest BCUT2D eigenvalue weighted by Crippen LogP contribution is 2.32. The van der Waals surface area contributed by atoms with Gasteiger partial charge < -0.3 is 0 Å². The first-order valence-corrected chi connectivity index (χ1v) is 8.67. The molecule has 2 atom stereocenters. The van der Waals surface area contributed by atoms with E-state index in [4.69, 9.17) is 1.37 Å². The summed E-state index contributed by atoms with van der Waals surface area (Å²) in [5, 5.41) is 0. The topological polar surface area (TPSA) is 3.24 Å². The zero-order valence-corrected chi connectivity index (χ0v) is 12.9. The lowest BCUT2D eigenvalue weighted by atomic mass is 9.94. The summed E-state index contributed by atoms with van der Waals surface area (Å²) in [4.78, 5) is 3.79. The first kappa shape index (κ1) is 13.0. The molecule has 0 N–H and O–H groups in total. The van der Waals surface area contributed by atoms with Crippen molar-refractivity contribution in [2.24, 2.45) is 5.92 Å². The Hall–Kier alpha value is -0.730. The molecule has 1 aliphatic carbocycles. The molecule has 1 saturated heterocycles. The predicted molar refractivity (Wildman–Crippen MR) is 88.2 cm³/mol. The van der Waals surface area contributed by atoms with E-state index >= 15 is 0 Å². The first-order valence-electron chi connectivity index (χ1n) is 8.37. The second kappa shape index (κ2) is 6.82. The van der Waals surface area contributed by atoms with Crippen molar-refractivity contribution in [3.63, 3.8) is 0 Å². The van der Waals surface area contributed by atoms with Gasteiger partial charge in [0.15, 0.2) is 0 Å². The maximum Gasteiger partial charge on any atom is 0.0391 e. The molecule has 2 unspecified atom stereocenters. The van der Waals surface area contributed by atoms with Gasteiger partial charge in [0.05, 0.1) is 0 Å². The maximum absolute atomic E-state index is 8.52. The molecule has 0 radical (unpaired) electrons. The van der Waals surface area contributed by atoms with Crippen LogP contribution >= 0.6 is 11.8 Å². The van der Waals surface area contributed by atoms with E-state index in [0.717, 1.165) is 19.1 Å². The fourth-order valence-electron chi connectivity index (χ4n) is 3.35. The van der Waals surface area contributed by atoms with Gasteiger partial charge in [-0.2, -0.15) is 0 Å². The first-order chi connectivity index (χ1) is 10.2. The average Bonchev–Trinajstić information content (AvgIpc) is 2.91. The maximum atomic E-state index is 8.52. The number of rotatable bonds is 4. The van der Waals surface area contributed by atoms with Crippen LogP contribution in [0.5, 0.6) is 0 Å². The molecule has 1 aliphatic heterocycles. The van der Waals surface area contributed by atoms with E-state index < -0.39 is 0 Å². The van der Waals surface area contributed by atoms with Crippen LogP contribution in [0.1, 0.15) is 33.5 Å². The summed E-state index contributed by atoms with van der Waals surface area (Å²) in [6.45, 7) is 6.32. The molecule has 1 aromatic rings. The van der Waals surface area contributed by atoms with Gasteiger partial charge in [0.1, 0.15) is 0 Å². The van der Waals surface area contributed by atoms with Crippen LogP contribution in [-0.4, -0.2) is 29.8 Å². The lowest BCUT2D eigenvalue weighted by Crippen LogP contribution is -2.35. The normalized spacial score (nSPS) is 27.5. The summed E-state index contributed by atoms with van der Waals surface area (Å²) in [6.07, 6.45) is 6.84. The lowest BCUT2D eigenvalue weighted by molar-refractivity contribution is 0.188. The van der Waals surface area contributed by atoms with E-state index in [1.54, 1.807) is 11.8 Å². The molecule has 0 bridgehead atoms. The molecule has 108 valence electrons. The third-order valence-corrected chi connectivity index (χ3v) is 5.57. The van der Waals surface area contributed by atoms with Crippen molar-refractivity contribution in [2.45, 2.75) is 43.0 Å². The predicted octanol–water partition coefficient (Wildman–Crippen LogP) is 4.60. The molecule has 1 heterocycles. The number of benzene rings is 1. The lowest BCUT2D eigenvalue weighted by Gasteiger charge is -2.30. The molecule has 2 heteroatoms. The average molecular weight is 288 g/mol.